The summed E-state index contributed by atoms with van der Waals surface area (Å²) < 4.78 is 39.6. The number of halogens is 2. The van der Waals surface area contributed by atoms with Crippen LogP contribution in [0.4, 0.5) is 10.1 Å². The Morgan fingerprint density at radius 1 is 0.951 bits per heavy atom. The second-order valence-corrected chi connectivity index (χ2v) is 13.4. The maximum Gasteiger partial charge on any atom is 0.243 e. The predicted octanol–water partition coefficient (Wildman–Crippen LogP) is 5.58. The standard InChI is InChI=1S/C31H37ClFN3O4S/c1-31(2,3)34-30(38)28(21-23-10-6-5-7-11-23)35(22-24-12-8-13-25(32)20-24)29(37)14-9-19-36(41(4,39)40)27-17-15-26(33)16-18-27/h5-8,10-13,15-18,20,28H,9,14,19,21-22H2,1-4H3,(H,34,38). The number of nitrogens with zero attached hydrogens (tertiary/aromatic N) is 2. The molecule has 0 saturated carbocycles. The summed E-state index contributed by atoms with van der Waals surface area (Å²) in [6.07, 6.45) is 1.53. The van der Waals surface area contributed by atoms with E-state index in [1.165, 1.54) is 24.3 Å². The lowest BCUT2D eigenvalue weighted by molar-refractivity contribution is -0.142. The van der Waals surface area contributed by atoms with Gasteiger partial charge in [-0.3, -0.25) is 13.9 Å². The second kappa shape index (κ2) is 14.0. The molecule has 0 aliphatic heterocycles. The Kier molecular flexibility index (Phi) is 10.9. The van der Waals surface area contributed by atoms with Crippen LogP contribution >= 0.6 is 11.6 Å². The molecule has 1 N–H and O–H groups in total. The third-order valence-electron chi connectivity index (χ3n) is 6.28. The highest BCUT2D eigenvalue weighted by Gasteiger charge is 2.32. The van der Waals surface area contributed by atoms with Crippen molar-refractivity contribution in [3.63, 3.8) is 0 Å². The van der Waals surface area contributed by atoms with Gasteiger partial charge in [0.25, 0.3) is 0 Å². The van der Waals surface area contributed by atoms with Crippen LogP contribution in [0.5, 0.6) is 0 Å². The molecule has 0 aliphatic carbocycles. The van der Waals surface area contributed by atoms with E-state index in [9.17, 15) is 22.4 Å². The molecule has 0 radical (unpaired) electrons. The minimum atomic E-state index is -3.69. The van der Waals surface area contributed by atoms with E-state index in [1.807, 2.05) is 57.2 Å². The van der Waals surface area contributed by atoms with Gasteiger partial charge in [0.05, 0.1) is 11.9 Å². The smallest absolute Gasteiger partial charge is 0.243 e. The Hall–Kier alpha value is -3.43. The molecule has 0 bridgehead atoms. The first-order valence-corrected chi connectivity index (χ1v) is 15.6. The van der Waals surface area contributed by atoms with Gasteiger partial charge in [-0.2, -0.15) is 0 Å². The summed E-state index contributed by atoms with van der Waals surface area (Å²) >= 11 is 6.23. The van der Waals surface area contributed by atoms with Crippen LogP contribution in [0.2, 0.25) is 5.02 Å². The van der Waals surface area contributed by atoms with Crippen LogP contribution < -0.4 is 9.62 Å². The van der Waals surface area contributed by atoms with E-state index in [1.54, 1.807) is 23.1 Å². The van der Waals surface area contributed by atoms with E-state index in [-0.39, 0.29) is 37.7 Å². The number of rotatable bonds is 12. The minimum absolute atomic E-state index is 0.0120. The number of benzene rings is 3. The molecule has 1 unspecified atom stereocenters. The number of hydrogen-bond donors (Lipinski definition) is 1. The predicted molar refractivity (Wildman–Crippen MR) is 162 cm³/mol. The molecule has 0 aromatic heterocycles. The van der Waals surface area contributed by atoms with E-state index in [4.69, 9.17) is 11.6 Å². The molecule has 7 nitrogen and oxygen atoms in total. The summed E-state index contributed by atoms with van der Waals surface area (Å²) in [7, 11) is -3.69. The molecule has 10 heteroatoms. The Labute approximate surface area is 247 Å². The van der Waals surface area contributed by atoms with Crippen molar-refractivity contribution >= 4 is 39.1 Å². The summed E-state index contributed by atoms with van der Waals surface area (Å²) in [5.74, 6) is -1.07. The van der Waals surface area contributed by atoms with Gasteiger partial charge in [-0.25, -0.2) is 12.8 Å². The van der Waals surface area contributed by atoms with Gasteiger partial charge in [0, 0.05) is 36.5 Å². The fourth-order valence-electron chi connectivity index (χ4n) is 4.45. The van der Waals surface area contributed by atoms with E-state index in [2.05, 4.69) is 5.32 Å². The van der Waals surface area contributed by atoms with E-state index in [0.29, 0.717) is 17.1 Å². The fraction of sp³-hybridized carbons (Fsp3) is 0.355. The summed E-state index contributed by atoms with van der Waals surface area (Å²) in [6.45, 7) is 5.79. The van der Waals surface area contributed by atoms with Gasteiger partial charge in [-0.15, -0.1) is 0 Å². The van der Waals surface area contributed by atoms with Crippen LogP contribution in [-0.2, 0) is 32.6 Å². The van der Waals surface area contributed by atoms with Gasteiger partial charge in [0.15, 0.2) is 0 Å². The van der Waals surface area contributed by atoms with Gasteiger partial charge in [0.1, 0.15) is 11.9 Å². The minimum Gasteiger partial charge on any atom is -0.350 e. The first-order chi connectivity index (χ1) is 19.2. The molecule has 41 heavy (non-hydrogen) atoms. The first kappa shape index (κ1) is 32.1. The van der Waals surface area contributed by atoms with Gasteiger partial charge in [0.2, 0.25) is 21.8 Å². The molecule has 1 atom stereocenters. The third-order valence-corrected chi connectivity index (χ3v) is 7.71. The van der Waals surface area contributed by atoms with Crippen molar-refractivity contribution in [1.29, 1.82) is 0 Å². The lowest BCUT2D eigenvalue weighted by atomic mass is 10.00. The first-order valence-electron chi connectivity index (χ1n) is 13.4. The highest BCUT2D eigenvalue weighted by molar-refractivity contribution is 7.92. The lowest BCUT2D eigenvalue weighted by Gasteiger charge is -2.34. The summed E-state index contributed by atoms with van der Waals surface area (Å²) in [5, 5.41) is 3.53. The van der Waals surface area contributed by atoms with Crippen LogP contribution in [0.25, 0.3) is 0 Å². The molecule has 0 heterocycles. The second-order valence-electron chi connectivity index (χ2n) is 11.0. The van der Waals surface area contributed by atoms with Crippen LogP contribution in [0.15, 0.2) is 78.9 Å². The van der Waals surface area contributed by atoms with Crippen molar-refractivity contribution in [2.24, 2.45) is 0 Å². The summed E-state index contributed by atoms with van der Waals surface area (Å²) in [4.78, 5) is 29.0. The van der Waals surface area contributed by atoms with Crippen molar-refractivity contribution in [1.82, 2.24) is 10.2 Å². The molecular formula is C31H37ClFN3O4S. The molecule has 2 amide bonds. The number of sulfonamides is 1. The number of anilines is 1. The molecule has 3 aromatic carbocycles. The van der Waals surface area contributed by atoms with Crippen molar-refractivity contribution in [2.75, 3.05) is 17.1 Å². The Balaban J connectivity index is 1.90. The highest BCUT2D eigenvalue weighted by atomic mass is 35.5. The zero-order chi connectivity index (χ0) is 30.2. The van der Waals surface area contributed by atoms with Crippen LogP contribution in [0.3, 0.4) is 0 Å². The van der Waals surface area contributed by atoms with E-state index in [0.717, 1.165) is 21.7 Å². The SMILES string of the molecule is CC(C)(C)NC(=O)C(Cc1ccccc1)N(Cc1cccc(Cl)c1)C(=O)CCCN(c1ccc(F)cc1)S(C)(=O)=O. The van der Waals surface area contributed by atoms with E-state index < -0.39 is 27.4 Å². The maximum absolute atomic E-state index is 13.8. The monoisotopic (exact) mass is 601 g/mol. The molecular weight excluding hydrogens is 565 g/mol. The number of carbonyl (C=O) groups is 2. The number of nitrogens with one attached hydrogen (secondary N) is 1. The topological polar surface area (TPSA) is 86.8 Å². The van der Waals surface area contributed by atoms with Gasteiger partial charge in [-0.1, -0.05) is 54.1 Å². The van der Waals surface area contributed by atoms with Crippen molar-refractivity contribution in [3.05, 3.63) is 101 Å². The molecule has 0 saturated heterocycles. The van der Waals surface area contributed by atoms with E-state index >= 15 is 0 Å². The average molecular weight is 602 g/mol. The Morgan fingerprint density at radius 2 is 1.59 bits per heavy atom. The van der Waals surface area contributed by atoms with Crippen LogP contribution in [-0.4, -0.2) is 49.5 Å². The number of amides is 2. The average Bonchev–Trinajstić information content (AvgIpc) is 2.88. The molecule has 0 spiro atoms. The van der Waals surface area contributed by atoms with Crippen LogP contribution in [0, 0.1) is 5.82 Å². The summed E-state index contributed by atoms with van der Waals surface area (Å²) in [5.41, 5.74) is 1.44. The highest BCUT2D eigenvalue weighted by Crippen LogP contribution is 2.22. The molecule has 3 aromatic rings. The van der Waals surface area contributed by atoms with Gasteiger partial charge < -0.3 is 10.2 Å². The van der Waals surface area contributed by atoms with Crippen molar-refractivity contribution in [3.8, 4) is 0 Å². The normalized spacial score (nSPS) is 12.4. The number of carbonyl (C=O) groups excluding carboxylic acids is 2. The Morgan fingerprint density at radius 3 is 2.17 bits per heavy atom. The fourth-order valence-corrected chi connectivity index (χ4v) is 5.63. The van der Waals surface area contributed by atoms with Crippen molar-refractivity contribution in [2.45, 2.75) is 58.2 Å². The van der Waals surface area contributed by atoms with Gasteiger partial charge in [-0.05, 0) is 74.7 Å². The zero-order valence-corrected chi connectivity index (χ0v) is 25.4. The maximum atomic E-state index is 13.8. The van der Waals surface area contributed by atoms with Crippen molar-refractivity contribution < 1.29 is 22.4 Å². The third kappa shape index (κ3) is 10.2. The van der Waals surface area contributed by atoms with Gasteiger partial charge >= 0.3 is 0 Å². The number of hydrogen-bond acceptors (Lipinski definition) is 4. The molecule has 220 valence electrons. The lowest BCUT2D eigenvalue weighted by Crippen LogP contribution is -2.54. The molecule has 3 rings (SSSR count). The van der Waals surface area contributed by atoms with Crippen LogP contribution in [0.1, 0.15) is 44.7 Å². The molecule has 0 aliphatic rings. The quantitative estimate of drug-likeness (QED) is 0.294. The molecule has 0 fully saturated rings. The Bertz CT molecular complexity index is 1430. The summed E-state index contributed by atoms with van der Waals surface area (Å²) in [6, 6.07) is 20.9. The zero-order valence-electron chi connectivity index (χ0n) is 23.8. The largest absolute Gasteiger partial charge is 0.350 e.